The van der Waals surface area contributed by atoms with Crippen LogP contribution >= 0.6 is 15.9 Å². The second-order valence-corrected chi connectivity index (χ2v) is 4.77. The number of halogens is 2. The average Bonchev–Trinajstić information content (AvgIpc) is 2.65. The first-order valence-corrected chi connectivity index (χ1v) is 6.07. The van der Waals surface area contributed by atoms with Gasteiger partial charge in [0.15, 0.2) is 11.6 Å². The molecule has 0 amide bonds. The zero-order valence-electron chi connectivity index (χ0n) is 10.3. The van der Waals surface area contributed by atoms with E-state index in [1.807, 2.05) is 6.92 Å². The SMILES string of the molecule is COc1c(F)c(-c2cc(N)n(C)n2)cc(C)c1Br. The Morgan fingerprint density at radius 1 is 1.44 bits per heavy atom. The molecule has 0 spiro atoms. The third-order valence-corrected chi connectivity index (χ3v) is 3.72. The lowest BCUT2D eigenvalue weighted by atomic mass is 10.1. The predicted octanol–water partition coefficient (Wildman–Crippen LogP) is 2.89. The Bertz CT molecular complexity index is 590. The van der Waals surface area contributed by atoms with Gasteiger partial charge in [-0.05, 0) is 34.5 Å². The van der Waals surface area contributed by atoms with Gasteiger partial charge in [-0.1, -0.05) is 0 Å². The maximum absolute atomic E-state index is 14.3. The lowest BCUT2D eigenvalue weighted by Crippen LogP contribution is -1.98. The number of aromatic nitrogens is 2. The van der Waals surface area contributed by atoms with Gasteiger partial charge in [0, 0.05) is 18.7 Å². The third kappa shape index (κ3) is 1.96. The number of benzene rings is 1. The highest BCUT2D eigenvalue weighted by Gasteiger charge is 2.18. The molecule has 0 aliphatic heterocycles. The lowest BCUT2D eigenvalue weighted by Gasteiger charge is -2.10. The number of methoxy groups -OCH3 is 1. The lowest BCUT2D eigenvalue weighted by molar-refractivity contribution is 0.384. The number of ether oxygens (including phenoxy) is 1. The summed E-state index contributed by atoms with van der Waals surface area (Å²) in [6.45, 7) is 1.86. The van der Waals surface area contributed by atoms with Crippen molar-refractivity contribution < 1.29 is 9.13 Å². The van der Waals surface area contributed by atoms with Crippen LogP contribution < -0.4 is 10.5 Å². The van der Waals surface area contributed by atoms with Gasteiger partial charge in [-0.2, -0.15) is 5.10 Å². The minimum absolute atomic E-state index is 0.175. The molecule has 2 rings (SSSR count). The Kier molecular flexibility index (Phi) is 3.30. The van der Waals surface area contributed by atoms with Crippen molar-refractivity contribution in [3.63, 3.8) is 0 Å². The van der Waals surface area contributed by atoms with Crippen LogP contribution in [0.3, 0.4) is 0 Å². The zero-order valence-corrected chi connectivity index (χ0v) is 11.9. The number of hydrogen-bond donors (Lipinski definition) is 1. The fourth-order valence-corrected chi connectivity index (χ4v) is 2.17. The van der Waals surface area contributed by atoms with Crippen LogP contribution in [0.4, 0.5) is 10.2 Å². The van der Waals surface area contributed by atoms with E-state index in [1.54, 1.807) is 19.2 Å². The van der Waals surface area contributed by atoms with E-state index in [4.69, 9.17) is 10.5 Å². The van der Waals surface area contributed by atoms with Crippen LogP contribution in [0, 0.1) is 12.7 Å². The molecule has 0 saturated carbocycles. The molecule has 0 saturated heterocycles. The van der Waals surface area contributed by atoms with Crippen LogP contribution in [0.1, 0.15) is 5.56 Å². The number of nitrogen functional groups attached to an aromatic ring is 1. The summed E-state index contributed by atoms with van der Waals surface area (Å²) in [6.07, 6.45) is 0. The fraction of sp³-hybridized carbons (Fsp3) is 0.250. The molecule has 1 aromatic carbocycles. The molecule has 4 nitrogen and oxygen atoms in total. The van der Waals surface area contributed by atoms with Crippen LogP contribution in [0.25, 0.3) is 11.3 Å². The number of nitrogens with zero attached hydrogens (tertiary/aromatic N) is 2. The summed E-state index contributed by atoms with van der Waals surface area (Å²) in [5.74, 6) is 0.200. The first-order valence-electron chi connectivity index (χ1n) is 5.28. The Labute approximate surface area is 113 Å². The smallest absolute Gasteiger partial charge is 0.175 e. The van der Waals surface area contributed by atoms with Crippen molar-refractivity contribution >= 4 is 21.7 Å². The van der Waals surface area contributed by atoms with E-state index in [-0.39, 0.29) is 5.75 Å². The number of anilines is 1. The maximum Gasteiger partial charge on any atom is 0.175 e. The van der Waals surface area contributed by atoms with E-state index in [2.05, 4.69) is 21.0 Å². The molecule has 96 valence electrons. The van der Waals surface area contributed by atoms with E-state index in [9.17, 15) is 4.39 Å². The van der Waals surface area contributed by atoms with E-state index in [0.29, 0.717) is 21.5 Å². The molecular formula is C12H13BrFN3O. The first kappa shape index (κ1) is 12.9. The van der Waals surface area contributed by atoms with Crippen LogP contribution in [-0.4, -0.2) is 16.9 Å². The second kappa shape index (κ2) is 4.61. The maximum atomic E-state index is 14.3. The van der Waals surface area contributed by atoms with Crippen molar-refractivity contribution in [3.8, 4) is 17.0 Å². The van der Waals surface area contributed by atoms with E-state index < -0.39 is 5.82 Å². The van der Waals surface area contributed by atoms with E-state index in [0.717, 1.165) is 5.56 Å². The standard InChI is InChI=1S/C12H13BrFN3O/c1-6-4-7(8-5-9(15)17(2)16-8)11(14)12(18-3)10(6)13/h4-5H,15H2,1-3H3. The monoisotopic (exact) mass is 313 g/mol. The molecular weight excluding hydrogens is 301 g/mol. The number of rotatable bonds is 2. The highest BCUT2D eigenvalue weighted by Crippen LogP contribution is 2.37. The molecule has 1 heterocycles. The number of nitrogens with two attached hydrogens (primary N) is 1. The minimum atomic E-state index is -0.451. The Balaban J connectivity index is 2.68. The van der Waals surface area contributed by atoms with E-state index >= 15 is 0 Å². The summed E-state index contributed by atoms with van der Waals surface area (Å²) in [4.78, 5) is 0. The second-order valence-electron chi connectivity index (χ2n) is 3.98. The average molecular weight is 314 g/mol. The van der Waals surface area contributed by atoms with Crippen molar-refractivity contribution in [2.24, 2.45) is 7.05 Å². The molecule has 2 aromatic rings. The molecule has 1 aromatic heterocycles. The fourth-order valence-electron chi connectivity index (χ4n) is 1.72. The van der Waals surface area contributed by atoms with Crippen LogP contribution in [0.5, 0.6) is 5.75 Å². The predicted molar refractivity (Wildman–Crippen MR) is 72.0 cm³/mol. The molecule has 0 atom stereocenters. The van der Waals surface area contributed by atoms with Crippen LogP contribution in [-0.2, 0) is 7.05 Å². The van der Waals surface area contributed by atoms with Gasteiger partial charge < -0.3 is 10.5 Å². The van der Waals surface area contributed by atoms with Crippen LogP contribution in [0.2, 0.25) is 0 Å². The summed E-state index contributed by atoms with van der Waals surface area (Å²) in [5.41, 5.74) is 7.43. The minimum Gasteiger partial charge on any atom is -0.492 e. The van der Waals surface area contributed by atoms with Gasteiger partial charge in [0.2, 0.25) is 0 Å². The molecule has 0 radical (unpaired) electrons. The van der Waals surface area contributed by atoms with Gasteiger partial charge in [0.1, 0.15) is 5.82 Å². The zero-order chi connectivity index (χ0) is 13.4. The van der Waals surface area contributed by atoms with Crippen molar-refractivity contribution in [2.75, 3.05) is 12.8 Å². The summed E-state index contributed by atoms with van der Waals surface area (Å²) >= 11 is 3.30. The third-order valence-electron chi connectivity index (χ3n) is 2.74. The number of hydrogen-bond acceptors (Lipinski definition) is 3. The first-order chi connectivity index (χ1) is 8.45. The molecule has 18 heavy (non-hydrogen) atoms. The number of aryl methyl sites for hydroxylation is 2. The van der Waals surface area contributed by atoms with E-state index in [1.165, 1.54) is 11.8 Å². The summed E-state index contributed by atoms with van der Waals surface area (Å²) in [5, 5.41) is 4.17. The van der Waals surface area contributed by atoms with Crippen molar-refractivity contribution in [3.05, 3.63) is 28.0 Å². The highest BCUT2D eigenvalue weighted by atomic mass is 79.9. The van der Waals surface area contributed by atoms with Crippen molar-refractivity contribution in [1.29, 1.82) is 0 Å². The largest absolute Gasteiger partial charge is 0.492 e. The van der Waals surface area contributed by atoms with Crippen LogP contribution in [0.15, 0.2) is 16.6 Å². The van der Waals surface area contributed by atoms with Gasteiger partial charge in [-0.3, -0.25) is 4.68 Å². The van der Waals surface area contributed by atoms with Gasteiger partial charge in [0.25, 0.3) is 0 Å². The van der Waals surface area contributed by atoms with Crippen molar-refractivity contribution in [2.45, 2.75) is 6.92 Å². The highest BCUT2D eigenvalue weighted by molar-refractivity contribution is 9.10. The normalized spacial score (nSPS) is 10.7. The molecule has 0 unspecified atom stereocenters. The summed E-state index contributed by atoms with van der Waals surface area (Å²) < 4.78 is 21.5. The molecule has 6 heteroatoms. The Morgan fingerprint density at radius 2 is 2.11 bits per heavy atom. The summed E-state index contributed by atoms with van der Waals surface area (Å²) in [7, 11) is 3.14. The molecule has 0 bridgehead atoms. The van der Waals surface area contributed by atoms with Gasteiger partial charge in [0.05, 0.1) is 17.3 Å². The van der Waals surface area contributed by atoms with Gasteiger partial charge in [-0.25, -0.2) is 4.39 Å². The van der Waals surface area contributed by atoms with Gasteiger partial charge in [-0.15, -0.1) is 0 Å². The Morgan fingerprint density at radius 3 is 2.61 bits per heavy atom. The summed E-state index contributed by atoms with van der Waals surface area (Å²) in [6, 6.07) is 3.34. The topological polar surface area (TPSA) is 53.1 Å². The van der Waals surface area contributed by atoms with Crippen molar-refractivity contribution in [1.82, 2.24) is 9.78 Å². The van der Waals surface area contributed by atoms with Gasteiger partial charge >= 0.3 is 0 Å². The molecule has 2 N–H and O–H groups in total. The molecule has 0 aliphatic rings. The molecule has 0 aliphatic carbocycles. The molecule has 0 fully saturated rings. The Hall–Kier alpha value is -1.56. The quantitative estimate of drug-likeness (QED) is 0.927.